The number of hydrogen-bond donors (Lipinski definition) is 3. The predicted molar refractivity (Wildman–Crippen MR) is 305 cm³/mol. The van der Waals surface area contributed by atoms with Crippen molar-refractivity contribution in [2.45, 2.75) is 22.6 Å². The molecule has 2 saturated heterocycles. The Morgan fingerprint density at radius 2 is 1.27 bits per heavy atom. The quantitative estimate of drug-likeness (QED) is 0.0280. The molecule has 74 heavy (non-hydrogen) atoms. The van der Waals surface area contributed by atoms with Gasteiger partial charge in [-0.25, -0.2) is 4.98 Å². The van der Waals surface area contributed by atoms with Crippen molar-refractivity contribution in [3.63, 3.8) is 0 Å². The van der Waals surface area contributed by atoms with E-state index in [0.717, 1.165) is 44.1 Å². The number of carboxylic acid groups (broad SMARTS) is 1. The van der Waals surface area contributed by atoms with Crippen molar-refractivity contribution in [3.8, 4) is 0 Å². The van der Waals surface area contributed by atoms with Gasteiger partial charge in [-0.3, -0.25) is 14.4 Å². The second-order valence-electron chi connectivity index (χ2n) is 18.2. The van der Waals surface area contributed by atoms with E-state index in [1.807, 2.05) is 164 Å². The molecular formula is C58H50IN7O5S3. The summed E-state index contributed by atoms with van der Waals surface area (Å²) in [6.45, 7) is 0.619. The molecule has 1 aromatic heterocycles. The smallest absolute Gasteiger partial charge is 0.316 e. The van der Waals surface area contributed by atoms with Crippen molar-refractivity contribution in [1.29, 1.82) is 0 Å². The summed E-state index contributed by atoms with van der Waals surface area (Å²) in [5, 5.41) is 27.2. The molecule has 12 nitrogen and oxygen atoms in total. The Labute approximate surface area is 458 Å². The Bertz CT molecular complexity index is 3080. The summed E-state index contributed by atoms with van der Waals surface area (Å²) in [4.78, 5) is 60.3. The summed E-state index contributed by atoms with van der Waals surface area (Å²) in [6.07, 6.45) is 5.60. The zero-order valence-electron chi connectivity index (χ0n) is 39.9. The number of β-lactam (4-membered cyclic amide) rings is 1. The maximum absolute atomic E-state index is 15.2. The number of hydrogen-bond acceptors (Lipinski definition) is 12. The van der Waals surface area contributed by atoms with Gasteiger partial charge >= 0.3 is 5.97 Å². The number of nitrogens with zero attached hydrogens (tertiary/aromatic N) is 5. The number of thiazole rings is 1. The molecule has 5 heterocycles. The van der Waals surface area contributed by atoms with Gasteiger partial charge in [0.1, 0.15) is 28.1 Å². The third kappa shape index (κ3) is 9.28. The number of nitrogens with one attached hydrogen (secondary N) is 2. The van der Waals surface area contributed by atoms with Crippen LogP contribution in [0.15, 0.2) is 227 Å². The van der Waals surface area contributed by atoms with Gasteiger partial charge in [0.15, 0.2) is 10.8 Å². The van der Waals surface area contributed by atoms with Crippen molar-refractivity contribution < 1.29 is 24.3 Å². The van der Waals surface area contributed by atoms with Crippen LogP contribution < -0.4 is 10.6 Å². The Kier molecular flexibility index (Phi) is 14.6. The van der Waals surface area contributed by atoms with E-state index in [-0.39, 0.29) is 47.7 Å². The molecule has 0 spiro atoms. The molecule has 3 atom stereocenters. The monoisotopic (exact) mass is 1150 g/mol. The van der Waals surface area contributed by atoms with Crippen LogP contribution in [-0.2, 0) is 30.4 Å². The third-order valence-corrected chi connectivity index (χ3v) is 16.9. The number of benzene rings is 6. The fourth-order valence-corrected chi connectivity index (χ4v) is 13.2. The number of carboxylic acids is 1. The minimum Gasteiger partial charge on any atom is -0.481 e. The maximum Gasteiger partial charge on any atom is 0.316 e. The molecule has 0 aliphatic carbocycles. The van der Waals surface area contributed by atoms with Gasteiger partial charge in [-0.05, 0) is 22.8 Å². The van der Waals surface area contributed by atoms with Crippen LogP contribution in [0.3, 0.4) is 0 Å². The van der Waals surface area contributed by atoms with Crippen molar-refractivity contribution >= 4 is 87.5 Å². The maximum atomic E-state index is 15.2. The molecule has 16 heteroatoms. The van der Waals surface area contributed by atoms with Crippen molar-refractivity contribution in [2.24, 2.45) is 10.6 Å². The van der Waals surface area contributed by atoms with Crippen LogP contribution in [0.4, 0.5) is 5.13 Å². The fourth-order valence-electron chi connectivity index (χ4n) is 9.94. The predicted octanol–water partition coefficient (Wildman–Crippen LogP) is 10.5. The van der Waals surface area contributed by atoms with E-state index >= 15 is 4.79 Å². The molecule has 0 saturated carbocycles. The van der Waals surface area contributed by atoms with Gasteiger partial charge in [0, 0.05) is 58.7 Å². The Morgan fingerprint density at radius 1 is 0.770 bits per heavy atom. The van der Waals surface area contributed by atoms with Gasteiger partial charge in [-0.2, -0.15) is 0 Å². The van der Waals surface area contributed by atoms with Gasteiger partial charge in [-0.15, -0.1) is 47.1 Å². The summed E-state index contributed by atoms with van der Waals surface area (Å²) in [6, 6.07) is 58.7. The normalized spacial score (nSPS) is 19.4. The number of rotatable bonds is 16. The number of aromatic nitrogens is 1. The Morgan fingerprint density at radius 3 is 1.77 bits per heavy atom. The lowest BCUT2D eigenvalue weighted by atomic mass is 9.77. The molecule has 11 rings (SSSR count). The van der Waals surface area contributed by atoms with Crippen LogP contribution in [0, 0.1) is 5.41 Å². The van der Waals surface area contributed by atoms with Crippen molar-refractivity contribution in [3.05, 3.63) is 261 Å². The standard InChI is InChI=1S/C58H49N7O5S3.HI/c1-63-34-48-65(39-63)46(35-71-48)32-33-56(54(68)69)37-64-52(67)50(53(64)73-38-56)60-51(66)49(62-70-58(43-26-14-5-15-27-43,44-28-16-6-17-29-44)45-30-18-7-19-31-45)47-36-72-55(59-47)61-57(40-20-8-2-9-21-40,41-22-10-3-11-23-41)42-24-12-4-13-25-42;/h2-36,50,53H,37-39H2,1H3,(H,59,61)(H,60,66)(H,68,69);1H/t50-,53-,56?;/m1./s1. The molecule has 7 aromatic rings. The summed E-state index contributed by atoms with van der Waals surface area (Å²) in [5.41, 5.74) is 2.55. The number of allylic oxidation sites excluding steroid dienone is 1. The Balaban J connectivity index is 0.00000626. The van der Waals surface area contributed by atoms with Gasteiger partial charge in [0.05, 0.1) is 11.7 Å². The van der Waals surface area contributed by atoms with Crippen LogP contribution in [0.2, 0.25) is 0 Å². The van der Waals surface area contributed by atoms with Crippen molar-refractivity contribution in [1.82, 2.24) is 25.0 Å². The summed E-state index contributed by atoms with van der Waals surface area (Å²) in [7, 11) is 1.99. The highest BCUT2D eigenvalue weighted by Crippen LogP contribution is 2.46. The number of carbonyl (C=O) groups is 3. The average molecular weight is 1150 g/mol. The summed E-state index contributed by atoms with van der Waals surface area (Å²) >= 11 is 4.23. The Hall–Kier alpha value is -7.12. The minimum absolute atomic E-state index is 0. The highest BCUT2D eigenvalue weighted by molar-refractivity contribution is 14.0. The third-order valence-electron chi connectivity index (χ3n) is 13.7. The van der Waals surface area contributed by atoms with Crippen LogP contribution in [-0.4, -0.2) is 85.7 Å². The van der Waals surface area contributed by atoms with Crippen LogP contribution in [0.25, 0.3) is 0 Å². The highest BCUT2D eigenvalue weighted by Gasteiger charge is 2.57. The molecule has 3 N–H and O–H groups in total. The topological polar surface area (TPSA) is 140 Å². The van der Waals surface area contributed by atoms with E-state index in [9.17, 15) is 14.7 Å². The molecule has 2 fully saturated rings. The number of halogens is 1. The first-order valence-corrected chi connectivity index (χ1v) is 26.5. The van der Waals surface area contributed by atoms with Crippen LogP contribution in [0.1, 0.15) is 39.1 Å². The average Bonchev–Trinajstić information content (AvgIpc) is 4.18. The van der Waals surface area contributed by atoms with E-state index in [1.165, 1.54) is 23.1 Å². The van der Waals surface area contributed by atoms with E-state index in [1.54, 1.807) is 28.1 Å². The van der Waals surface area contributed by atoms with E-state index in [2.05, 4.69) is 63.0 Å². The summed E-state index contributed by atoms with van der Waals surface area (Å²) < 4.78 is 0. The minimum atomic E-state index is -1.35. The molecule has 2 amide bonds. The largest absolute Gasteiger partial charge is 0.481 e. The molecular weight excluding hydrogens is 1100 g/mol. The number of anilines is 1. The van der Waals surface area contributed by atoms with E-state index in [0.29, 0.717) is 11.8 Å². The SMILES string of the molecule is CN1C=C2SC=C(C=CC3(C(=O)O)CS[C@@H]4[C@H](NC(=O)C(=NOC(c5ccccc5)(c5ccccc5)c5ccccc5)c5csc(NC(c6ccccc6)(c6ccccc6)c6ccccc6)n5)C(=O)N4C3)N2C1.I. The number of thioether (sulfide) groups is 2. The first-order chi connectivity index (χ1) is 35.7. The first kappa shape index (κ1) is 50.4. The second-order valence-corrected chi connectivity index (χ2v) is 21.0. The lowest BCUT2D eigenvalue weighted by molar-refractivity contribution is -0.156. The van der Waals surface area contributed by atoms with Gasteiger partial charge < -0.3 is 35.3 Å². The first-order valence-electron chi connectivity index (χ1n) is 23.7. The lowest BCUT2D eigenvalue weighted by Gasteiger charge is -2.53. The zero-order chi connectivity index (χ0) is 50.0. The molecule has 0 radical (unpaired) electrons. The second kappa shape index (κ2) is 21.4. The van der Waals surface area contributed by atoms with Crippen molar-refractivity contribution in [2.75, 3.05) is 31.3 Å². The van der Waals surface area contributed by atoms with Gasteiger partial charge in [-0.1, -0.05) is 205 Å². The zero-order valence-corrected chi connectivity index (χ0v) is 44.7. The lowest BCUT2D eigenvalue weighted by Crippen LogP contribution is -2.73. The molecule has 0 bridgehead atoms. The molecule has 1 unspecified atom stereocenters. The number of carbonyl (C=O) groups excluding carboxylic acids is 2. The number of amides is 2. The summed E-state index contributed by atoms with van der Waals surface area (Å²) in [5.74, 6) is -1.91. The molecule has 4 aliphatic rings. The van der Waals surface area contributed by atoms with Gasteiger partial charge in [0.25, 0.3) is 5.91 Å². The fraction of sp³-hybridized carbons (Fsp3) is 0.155. The molecule has 6 aromatic carbocycles. The number of aliphatic carboxylic acids is 1. The van der Waals surface area contributed by atoms with Crippen LogP contribution in [0.5, 0.6) is 0 Å². The highest BCUT2D eigenvalue weighted by atomic mass is 127. The molecule has 372 valence electrons. The number of oxime groups is 1. The van der Waals surface area contributed by atoms with E-state index in [4.69, 9.17) is 15.0 Å². The number of fused-ring (bicyclic) bond motifs is 2. The van der Waals surface area contributed by atoms with E-state index < -0.39 is 45.8 Å². The van der Waals surface area contributed by atoms with Crippen LogP contribution >= 0.6 is 58.8 Å². The van der Waals surface area contributed by atoms with Gasteiger partial charge in [0.2, 0.25) is 11.5 Å². The molecule has 4 aliphatic heterocycles.